The van der Waals surface area contributed by atoms with E-state index in [9.17, 15) is 4.79 Å². The Bertz CT molecular complexity index is 755. The maximum absolute atomic E-state index is 11.3. The Hall–Kier alpha value is -1.83. The first kappa shape index (κ1) is 21.4. The van der Waals surface area contributed by atoms with Crippen molar-refractivity contribution in [1.82, 2.24) is 10.0 Å². The van der Waals surface area contributed by atoms with Crippen molar-refractivity contribution in [2.24, 2.45) is 5.92 Å². The average Bonchev–Trinajstić information content (AvgIpc) is 3.34. The van der Waals surface area contributed by atoms with E-state index in [0.717, 1.165) is 50.6 Å². The van der Waals surface area contributed by atoms with Crippen LogP contribution in [0.2, 0.25) is 0 Å². The van der Waals surface area contributed by atoms with Crippen molar-refractivity contribution in [2.45, 2.75) is 58.0 Å². The van der Waals surface area contributed by atoms with Crippen LogP contribution in [0.1, 0.15) is 56.6 Å². The molecule has 0 aromatic heterocycles. The average molecular weight is 419 g/mol. The maximum Gasteiger partial charge on any atom is 0.302 e. The molecule has 0 spiro atoms. The van der Waals surface area contributed by atoms with Crippen molar-refractivity contribution in [1.29, 1.82) is 0 Å². The third-order valence-corrected chi connectivity index (χ3v) is 6.73. The summed E-state index contributed by atoms with van der Waals surface area (Å²) in [7, 11) is 1.79. The lowest BCUT2D eigenvalue weighted by Gasteiger charge is -2.37. The number of hydrazine groups is 1. The second-order valence-corrected chi connectivity index (χ2v) is 8.57. The van der Waals surface area contributed by atoms with Crippen molar-refractivity contribution in [3.05, 3.63) is 23.3 Å². The Balaban J connectivity index is 1.65. The second-order valence-electron chi connectivity index (χ2n) is 8.57. The summed E-state index contributed by atoms with van der Waals surface area (Å²) in [5.74, 6) is 2.22. The zero-order valence-electron chi connectivity index (χ0n) is 18.4. The van der Waals surface area contributed by atoms with Crippen LogP contribution in [0.3, 0.4) is 0 Å². The van der Waals surface area contributed by atoms with Gasteiger partial charge >= 0.3 is 5.97 Å². The summed E-state index contributed by atoms with van der Waals surface area (Å²) in [5.41, 5.74) is 2.59. The number of benzene rings is 1. The first-order valence-corrected chi connectivity index (χ1v) is 11.2. The normalized spacial score (nSPS) is 26.4. The molecule has 0 unspecified atom stereocenters. The van der Waals surface area contributed by atoms with E-state index in [1.165, 1.54) is 30.9 Å². The summed E-state index contributed by atoms with van der Waals surface area (Å²) in [6.07, 6.45) is 4.26. The van der Waals surface area contributed by atoms with Crippen molar-refractivity contribution in [2.75, 3.05) is 40.2 Å². The fourth-order valence-corrected chi connectivity index (χ4v) is 5.28. The summed E-state index contributed by atoms with van der Waals surface area (Å²) in [4.78, 5) is 11.3. The van der Waals surface area contributed by atoms with E-state index < -0.39 is 0 Å². The van der Waals surface area contributed by atoms with Gasteiger partial charge in [-0.2, -0.15) is 0 Å². The van der Waals surface area contributed by atoms with E-state index in [-0.39, 0.29) is 12.8 Å². The lowest BCUT2D eigenvalue weighted by atomic mass is 9.81. The molecule has 0 N–H and O–H groups in total. The lowest BCUT2D eigenvalue weighted by Crippen LogP contribution is -2.48. The van der Waals surface area contributed by atoms with Crippen LogP contribution >= 0.6 is 0 Å². The topological polar surface area (TPSA) is 60.5 Å². The van der Waals surface area contributed by atoms with Gasteiger partial charge in [-0.1, -0.05) is 13.3 Å². The van der Waals surface area contributed by atoms with Crippen LogP contribution < -0.4 is 9.47 Å². The van der Waals surface area contributed by atoms with Crippen molar-refractivity contribution >= 4 is 5.97 Å². The number of esters is 1. The number of rotatable bonds is 7. The van der Waals surface area contributed by atoms with E-state index in [2.05, 4.69) is 29.1 Å². The predicted octanol–water partition coefficient (Wildman–Crippen LogP) is 3.32. The number of carbonyl (C=O) groups is 1. The quantitative estimate of drug-likeness (QED) is 0.630. The molecule has 3 atom stereocenters. The summed E-state index contributed by atoms with van der Waals surface area (Å²) >= 11 is 0. The van der Waals surface area contributed by atoms with E-state index in [0.29, 0.717) is 24.5 Å². The van der Waals surface area contributed by atoms with Gasteiger partial charge in [-0.05, 0) is 54.4 Å². The molecule has 166 valence electrons. The first-order chi connectivity index (χ1) is 14.6. The third kappa shape index (κ3) is 4.43. The molecule has 0 aliphatic carbocycles. The number of ether oxygens (including phenoxy) is 4. The number of nitrogens with zero attached hydrogens (tertiary/aromatic N) is 2. The molecular formula is C23H34N2O5. The largest absolute Gasteiger partial charge is 0.466 e. The van der Waals surface area contributed by atoms with Crippen molar-refractivity contribution in [3.8, 4) is 11.5 Å². The Morgan fingerprint density at radius 1 is 1.27 bits per heavy atom. The Morgan fingerprint density at radius 3 is 2.80 bits per heavy atom. The van der Waals surface area contributed by atoms with E-state index in [1.807, 2.05) is 0 Å². The summed E-state index contributed by atoms with van der Waals surface area (Å²) in [6, 6.07) is 4.75. The minimum atomic E-state index is -0.219. The second kappa shape index (κ2) is 9.54. The molecule has 3 heterocycles. The van der Waals surface area contributed by atoms with Crippen LogP contribution in [0.5, 0.6) is 11.5 Å². The zero-order chi connectivity index (χ0) is 21.1. The maximum atomic E-state index is 11.3. The van der Waals surface area contributed by atoms with E-state index >= 15 is 0 Å². The van der Waals surface area contributed by atoms with Crippen LogP contribution in [0.15, 0.2) is 12.1 Å². The molecule has 7 nitrogen and oxygen atoms in total. The van der Waals surface area contributed by atoms with Gasteiger partial charge < -0.3 is 18.9 Å². The molecule has 0 amide bonds. The van der Waals surface area contributed by atoms with Gasteiger partial charge in [0.25, 0.3) is 0 Å². The summed E-state index contributed by atoms with van der Waals surface area (Å²) in [6.45, 7) is 8.13. The van der Waals surface area contributed by atoms with E-state index in [4.69, 9.17) is 18.9 Å². The SMILES string of the molecule is CC[C@@H]1CN(N2CCC[C@H]2COC)Cc2cc3c(cc2[C@H]1CCOC(C)=O)OCO3. The molecule has 7 heteroatoms. The van der Waals surface area contributed by atoms with Crippen LogP contribution in [0.4, 0.5) is 0 Å². The Labute approximate surface area is 179 Å². The molecule has 3 aliphatic rings. The van der Waals surface area contributed by atoms with Crippen LogP contribution in [0.25, 0.3) is 0 Å². The van der Waals surface area contributed by atoms with Gasteiger partial charge in [-0.25, -0.2) is 10.0 Å². The molecule has 0 radical (unpaired) electrons. The lowest BCUT2D eigenvalue weighted by molar-refractivity contribution is -0.141. The fourth-order valence-electron chi connectivity index (χ4n) is 5.28. The van der Waals surface area contributed by atoms with Crippen molar-refractivity contribution in [3.63, 3.8) is 0 Å². The number of methoxy groups -OCH3 is 1. The number of hydrogen-bond acceptors (Lipinski definition) is 7. The highest BCUT2D eigenvalue weighted by Gasteiger charge is 2.37. The third-order valence-electron chi connectivity index (χ3n) is 6.73. The highest BCUT2D eigenvalue weighted by Crippen LogP contribution is 2.44. The van der Waals surface area contributed by atoms with Crippen LogP contribution in [0, 0.1) is 5.92 Å². The number of fused-ring (bicyclic) bond motifs is 2. The van der Waals surface area contributed by atoms with Gasteiger partial charge in [-0.3, -0.25) is 4.79 Å². The van der Waals surface area contributed by atoms with Crippen LogP contribution in [-0.4, -0.2) is 62.2 Å². The standard InChI is InChI=1S/C23H34N2O5/c1-4-17-12-24(25-8-5-6-19(25)14-27-3)13-18-10-22-23(30-15-29-22)11-21(18)20(17)7-9-28-16(2)26/h10-11,17,19-20H,4-9,12-15H2,1-3H3/t17-,19+,20+/m1/s1. The van der Waals surface area contributed by atoms with Gasteiger partial charge in [0.15, 0.2) is 11.5 Å². The molecule has 1 saturated heterocycles. The van der Waals surface area contributed by atoms with Crippen molar-refractivity contribution < 1.29 is 23.7 Å². The highest BCUT2D eigenvalue weighted by atomic mass is 16.7. The van der Waals surface area contributed by atoms with Gasteiger partial charge in [0.1, 0.15) is 0 Å². The van der Waals surface area contributed by atoms with Gasteiger partial charge in [0.05, 0.1) is 13.2 Å². The molecular weight excluding hydrogens is 384 g/mol. The van der Waals surface area contributed by atoms with Gasteiger partial charge in [0.2, 0.25) is 6.79 Å². The Morgan fingerprint density at radius 2 is 2.07 bits per heavy atom. The molecule has 4 rings (SSSR count). The van der Waals surface area contributed by atoms with Gasteiger partial charge in [0, 0.05) is 39.7 Å². The minimum absolute atomic E-state index is 0.219. The molecule has 3 aliphatic heterocycles. The monoisotopic (exact) mass is 418 g/mol. The molecule has 1 aromatic rings. The predicted molar refractivity (Wildman–Crippen MR) is 112 cm³/mol. The smallest absolute Gasteiger partial charge is 0.302 e. The van der Waals surface area contributed by atoms with Gasteiger partial charge in [-0.15, -0.1) is 0 Å². The molecule has 0 bridgehead atoms. The summed E-state index contributed by atoms with van der Waals surface area (Å²) in [5, 5.41) is 5.05. The number of hydrogen-bond donors (Lipinski definition) is 0. The minimum Gasteiger partial charge on any atom is -0.466 e. The highest BCUT2D eigenvalue weighted by molar-refractivity contribution is 5.65. The molecule has 30 heavy (non-hydrogen) atoms. The fraction of sp³-hybridized carbons (Fsp3) is 0.696. The zero-order valence-corrected chi connectivity index (χ0v) is 18.4. The first-order valence-electron chi connectivity index (χ1n) is 11.2. The van der Waals surface area contributed by atoms with E-state index in [1.54, 1.807) is 7.11 Å². The summed E-state index contributed by atoms with van der Waals surface area (Å²) < 4.78 is 22.2. The van der Waals surface area contributed by atoms with Crippen LogP contribution in [-0.2, 0) is 20.8 Å². The molecule has 1 fully saturated rings. The molecule has 1 aromatic carbocycles. The Kier molecular flexibility index (Phi) is 6.80. The number of carbonyl (C=O) groups excluding carboxylic acids is 1. The molecule has 0 saturated carbocycles.